The SMILES string of the molecule is CC(=CCCC1(C)OCC(C)O1)CCC=C(C)CCCC(C)C. The molecule has 0 saturated carbocycles. The minimum absolute atomic E-state index is 0.230. The van der Waals surface area contributed by atoms with E-state index in [9.17, 15) is 0 Å². The Kier molecular flexibility index (Phi) is 9.16. The van der Waals surface area contributed by atoms with Crippen molar-refractivity contribution in [2.75, 3.05) is 6.61 Å². The van der Waals surface area contributed by atoms with Crippen LogP contribution in [0.15, 0.2) is 23.3 Å². The van der Waals surface area contributed by atoms with Crippen molar-refractivity contribution in [2.24, 2.45) is 5.92 Å². The third-order valence-electron chi connectivity index (χ3n) is 4.55. The molecule has 1 saturated heterocycles. The molecule has 2 atom stereocenters. The van der Waals surface area contributed by atoms with E-state index in [1.165, 1.54) is 24.8 Å². The van der Waals surface area contributed by atoms with E-state index in [0.717, 1.165) is 38.2 Å². The lowest BCUT2D eigenvalue weighted by Gasteiger charge is -2.22. The largest absolute Gasteiger partial charge is 0.348 e. The number of hydrogen-bond donors (Lipinski definition) is 0. The fourth-order valence-electron chi connectivity index (χ4n) is 3.04. The highest BCUT2D eigenvalue weighted by molar-refractivity contribution is 5.04. The summed E-state index contributed by atoms with van der Waals surface area (Å²) in [6, 6.07) is 0. The second kappa shape index (κ2) is 10.3. The Morgan fingerprint density at radius 2 is 1.78 bits per heavy atom. The molecule has 0 radical (unpaired) electrons. The van der Waals surface area contributed by atoms with Crippen LogP contribution in [0.5, 0.6) is 0 Å². The lowest BCUT2D eigenvalue weighted by molar-refractivity contribution is -0.155. The molecular weight excluding hydrogens is 284 g/mol. The topological polar surface area (TPSA) is 18.5 Å². The summed E-state index contributed by atoms with van der Waals surface area (Å²) in [6.45, 7) is 14.0. The van der Waals surface area contributed by atoms with Crippen molar-refractivity contribution in [3.8, 4) is 0 Å². The molecule has 0 aromatic rings. The van der Waals surface area contributed by atoms with Crippen LogP contribution in [0, 0.1) is 5.92 Å². The Bertz CT molecular complexity index is 395. The molecule has 1 aliphatic rings. The smallest absolute Gasteiger partial charge is 0.166 e. The summed E-state index contributed by atoms with van der Waals surface area (Å²) in [5.41, 5.74) is 3.03. The maximum atomic E-state index is 5.84. The van der Waals surface area contributed by atoms with Gasteiger partial charge >= 0.3 is 0 Å². The molecule has 1 heterocycles. The zero-order valence-electron chi connectivity index (χ0n) is 16.3. The van der Waals surface area contributed by atoms with Crippen molar-refractivity contribution < 1.29 is 9.47 Å². The van der Waals surface area contributed by atoms with Gasteiger partial charge in [0.05, 0.1) is 12.7 Å². The Balaban J connectivity index is 2.18. The zero-order valence-corrected chi connectivity index (χ0v) is 16.3. The van der Waals surface area contributed by atoms with E-state index in [4.69, 9.17) is 9.47 Å². The highest BCUT2D eigenvalue weighted by Gasteiger charge is 2.34. The Morgan fingerprint density at radius 1 is 1.13 bits per heavy atom. The summed E-state index contributed by atoms with van der Waals surface area (Å²) >= 11 is 0. The number of hydrogen-bond acceptors (Lipinski definition) is 2. The summed E-state index contributed by atoms with van der Waals surface area (Å²) in [7, 11) is 0. The van der Waals surface area contributed by atoms with E-state index in [2.05, 4.69) is 53.7 Å². The van der Waals surface area contributed by atoms with Crippen molar-refractivity contribution in [1.82, 2.24) is 0 Å². The molecule has 0 N–H and O–H groups in total. The molecule has 0 aromatic carbocycles. The highest BCUT2D eigenvalue weighted by atomic mass is 16.7. The quantitative estimate of drug-likeness (QED) is 0.432. The van der Waals surface area contributed by atoms with E-state index >= 15 is 0 Å². The maximum absolute atomic E-state index is 5.84. The van der Waals surface area contributed by atoms with Crippen LogP contribution in [-0.4, -0.2) is 18.5 Å². The van der Waals surface area contributed by atoms with Crippen molar-refractivity contribution in [2.45, 2.75) is 98.4 Å². The molecule has 0 amide bonds. The molecule has 0 aromatic heterocycles. The van der Waals surface area contributed by atoms with Gasteiger partial charge in [0.1, 0.15) is 0 Å². The van der Waals surface area contributed by atoms with E-state index in [1.807, 2.05) is 0 Å². The molecule has 0 aliphatic carbocycles. The second-order valence-electron chi connectivity index (χ2n) is 7.84. The fourth-order valence-corrected chi connectivity index (χ4v) is 3.04. The predicted molar refractivity (Wildman–Crippen MR) is 99.6 cm³/mol. The monoisotopic (exact) mass is 322 g/mol. The first-order valence-electron chi connectivity index (χ1n) is 9.44. The summed E-state index contributed by atoms with van der Waals surface area (Å²) in [5, 5.41) is 0. The van der Waals surface area contributed by atoms with Crippen LogP contribution in [0.3, 0.4) is 0 Å². The Hall–Kier alpha value is -0.600. The van der Waals surface area contributed by atoms with Gasteiger partial charge < -0.3 is 9.47 Å². The molecule has 0 spiro atoms. The first kappa shape index (κ1) is 20.4. The van der Waals surface area contributed by atoms with Gasteiger partial charge in [-0.3, -0.25) is 0 Å². The predicted octanol–water partition coefficient (Wildman–Crippen LogP) is 6.42. The average Bonchev–Trinajstić information content (AvgIpc) is 2.78. The van der Waals surface area contributed by atoms with Crippen LogP contribution in [-0.2, 0) is 9.47 Å². The molecule has 2 nitrogen and oxygen atoms in total. The van der Waals surface area contributed by atoms with Gasteiger partial charge in [-0.15, -0.1) is 0 Å². The molecule has 0 bridgehead atoms. The Labute approximate surface area is 144 Å². The molecule has 23 heavy (non-hydrogen) atoms. The van der Waals surface area contributed by atoms with Crippen LogP contribution in [0.2, 0.25) is 0 Å². The van der Waals surface area contributed by atoms with Gasteiger partial charge in [0.15, 0.2) is 5.79 Å². The molecule has 2 unspecified atom stereocenters. The number of rotatable bonds is 10. The molecule has 1 aliphatic heterocycles. The molecule has 1 rings (SSSR count). The molecule has 2 heteroatoms. The van der Waals surface area contributed by atoms with E-state index < -0.39 is 0 Å². The summed E-state index contributed by atoms with van der Waals surface area (Å²) < 4.78 is 11.6. The summed E-state index contributed by atoms with van der Waals surface area (Å²) in [5.74, 6) is 0.453. The van der Waals surface area contributed by atoms with Gasteiger partial charge in [0.25, 0.3) is 0 Å². The van der Waals surface area contributed by atoms with Crippen LogP contribution in [0.1, 0.15) is 86.5 Å². The highest BCUT2D eigenvalue weighted by Crippen LogP contribution is 2.28. The summed E-state index contributed by atoms with van der Waals surface area (Å²) in [4.78, 5) is 0. The van der Waals surface area contributed by atoms with Gasteiger partial charge in [-0.05, 0) is 65.7 Å². The molecular formula is C21H38O2. The molecule has 134 valence electrons. The third-order valence-corrected chi connectivity index (χ3v) is 4.55. The van der Waals surface area contributed by atoms with E-state index in [0.29, 0.717) is 0 Å². The normalized spacial score (nSPS) is 26.3. The average molecular weight is 323 g/mol. The van der Waals surface area contributed by atoms with Crippen LogP contribution < -0.4 is 0 Å². The van der Waals surface area contributed by atoms with Crippen molar-refractivity contribution in [3.63, 3.8) is 0 Å². The third kappa shape index (κ3) is 9.32. The van der Waals surface area contributed by atoms with Crippen LogP contribution >= 0.6 is 0 Å². The number of allylic oxidation sites excluding steroid dienone is 4. The van der Waals surface area contributed by atoms with E-state index in [-0.39, 0.29) is 11.9 Å². The number of ether oxygens (including phenoxy) is 2. The fraction of sp³-hybridized carbons (Fsp3) is 0.810. The van der Waals surface area contributed by atoms with Crippen LogP contribution in [0.4, 0.5) is 0 Å². The minimum atomic E-state index is -0.372. The van der Waals surface area contributed by atoms with Gasteiger partial charge in [0, 0.05) is 6.42 Å². The van der Waals surface area contributed by atoms with Gasteiger partial charge in [-0.25, -0.2) is 0 Å². The lowest BCUT2D eigenvalue weighted by Crippen LogP contribution is -2.25. The van der Waals surface area contributed by atoms with Crippen molar-refractivity contribution in [3.05, 3.63) is 23.3 Å². The molecule has 1 fully saturated rings. The standard InChI is InChI=1S/C21H38O2/c1-17(2)10-7-11-18(3)12-8-13-19(4)14-9-15-21(6)22-16-20(5)23-21/h12,14,17,20H,7-11,13,15-16H2,1-6H3. The minimum Gasteiger partial charge on any atom is -0.348 e. The van der Waals surface area contributed by atoms with Crippen molar-refractivity contribution in [1.29, 1.82) is 0 Å². The van der Waals surface area contributed by atoms with Crippen molar-refractivity contribution >= 4 is 0 Å². The first-order valence-corrected chi connectivity index (χ1v) is 9.44. The summed E-state index contributed by atoms with van der Waals surface area (Å²) in [6.07, 6.45) is 13.2. The van der Waals surface area contributed by atoms with E-state index in [1.54, 1.807) is 5.57 Å². The van der Waals surface area contributed by atoms with Gasteiger partial charge in [-0.1, -0.05) is 43.6 Å². The van der Waals surface area contributed by atoms with Gasteiger partial charge in [-0.2, -0.15) is 0 Å². The lowest BCUT2D eigenvalue weighted by atomic mass is 10.0. The maximum Gasteiger partial charge on any atom is 0.166 e. The van der Waals surface area contributed by atoms with Gasteiger partial charge in [0.2, 0.25) is 0 Å². The second-order valence-corrected chi connectivity index (χ2v) is 7.84. The Morgan fingerprint density at radius 3 is 2.39 bits per heavy atom. The first-order chi connectivity index (χ1) is 10.8. The zero-order chi connectivity index (χ0) is 17.3. The van der Waals surface area contributed by atoms with Crippen LogP contribution in [0.25, 0.3) is 0 Å².